The van der Waals surface area contributed by atoms with Gasteiger partial charge in [0.2, 0.25) is 0 Å². The first kappa shape index (κ1) is 12.6. The number of nitrogens with zero attached hydrogens (tertiary/aromatic N) is 1. The van der Waals surface area contributed by atoms with Crippen molar-refractivity contribution in [1.29, 1.82) is 0 Å². The first-order valence-corrected chi connectivity index (χ1v) is 5.88. The molecule has 5 heteroatoms. The summed E-state index contributed by atoms with van der Waals surface area (Å²) in [6, 6.07) is 5.13. The zero-order valence-electron chi connectivity index (χ0n) is 10.1. The van der Waals surface area contributed by atoms with Crippen LogP contribution in [0, 0.1) is 0 Å². The van der Waals surface area contributed by atoms with E-state index in [9.17, 15) is 9.59 Å². The predicted molar refractivity (Wildman–Crippen MR) is 69.5 cm³/mol. The molecule has 0 aromatic heterocycles. The summed E-state index contributed by atoms with van der Waals surface area (Å²) in [5, 5.41) is 0.520. The summed E-state index contributed by atoms with van der Waals surface area (Å²) in [7, 11) is 1.65. The summed E-state index contributed by atoms with van der Waals surface area (Å²) in [4.78, 5) is 24.9. The molecule has 0 N–H and O–H groups in total. The summed E-state index contributed by atoms with van der Waals surface area (Å²) < 4.78 is 4.81. The number of ether oxygens (including phenoxy) is 1. The number of carbonyl (C=O) groups is 2. The maximum Gasteiger partial charge on any atom is 0.331 e. The molecule has 0 unspecified atom stereocenters. The predicted octanol–water partition coefficient (Wildman–Crippen LogP) is 2.26. The lowest BCUT2D eigenvalue weighted by molar-refractivity contribution is -0.137. The minimum Gasteiger partial charge on any atom is -0.463 e. The molecule has 0 spiro atoms. The van der Waals surface area contributed by atoms with Crippen LogP contribution in [-0.4, -0.2) is 25.5 Å². The molecule has 1 aliphatic rings. The van der Waals surface area contributed by atoms with Crippen LogP contribution < -0.4 is 4.90 Å². The molecule has 0 aliphatic carbocycles. The van der Waals surface area contributed by atoms with Crippen molar-refractivity contribution < 1.29 is 14.3 Å². The Morgan fingerprint density at radius 2 is 2.22 bits per heavy atom. The van der Waals surface area contributed by atoms with E-state index in [2.05, 4.69) is 0 Å². The summed E-state index contributed by atoms with van der Waals surface area (Å²) in [6.07, 6.45) is 1.21. The molecule has 18 heavy (non-hydrogen) atoms. The van der Waals surface area contributed by atoms with E-state index in [1.807, 2.05) is 0 Å². The maximum absolute atomic E-state index is 12.0. The number of likely N-dealkylation sites (N-methyl/N-ethyl adjacent to an activating group) is 1. The molecular weight excluding hydrogens is 254 g/mol. The van der Waals surface area contributed by atoms with Gasteiger partial charge in [0.1, 0.15) is 0 Å². The molecule has 1 aliphatic heterocycles. The number of hydrogen-bond acceptors (Lipinski definition) is 3. The maximum atomic E-state index is 12.0. The largest absolute Gasteiger partial charge is 0.463 e. The van der Waals surface area contributed by atoms with E-state index in [4.69, 9.17) is 16.3 Å². The van der Waals surface area contributed by atoms with Crippen LogP contribution in [0.4, 0.5) is 5.69 Å². The number of rotatable bonds is 2. The summed E-state index contributed by atoms with van der Waals surface area (Å²) in [6.45, 7) is 1.98. The highest BCUT2D eigenvalue weighted by atomic mass is 35.5. The Balaban J connectivity index is 2.48. The molecule has 0 bridgehead atoms. The Morgan fingerprint density at radius 1 is 1.50 bits per heavy atom. The van der Waals surface area contributed by atoms with Crippen LogP contribution in [0.3, 0.4) is 0 Å². The van der Waals surface area contributed by atoms with Crippen LogP contribution in [0.5, 0.6) is 0 Å². The SMILES string of the molecule is CCOC(=O)/C=C1/C(=O)N(C)c2ccc(Cl)cc21. The van der Waals surface area contributed by atoms with E-state index in [0.717, 1.165) is 5.69 Å². The third-order valence-electron chi connectivity index (χ3n) is 2.69. The number of hydrogen-bond donors (Lipinski definition) is 0. The van der Waals surface area contributed by atoms with Crippen molar-refractivity contribution in [1.82, 2.24) is 0 Å². The van der Waals surface area contributed by atoms with Gasteiger partial charge in [0.05, 0.1) is 17.9 Å². The van der Waals surface area contributed by atoms with Crippen molar-refractivity contribution in [2.24, 2.45) is 0 Å². The molecule has 1 aromatic carbocycles. The van der Waals surface area contributed by atoms with E-state index < -0.39 is 5.97 Å². The lowest BCUT2D eigenvalue weighted by Gasteiger charge is -2.08. The van der Waals surface area contributed by atoms with Crippen molar-refractivity contribution in [3.63, 3.8) is 0 Å². The van der Waals surface area contributed by atoms with Crippen molar-refractivity contribution in [3.05, 3.63) is 34.9 Å². The first-order valence-electron chi connectivity index (χ1n) is 5.51. The highest BCUT2D eigenvalue weighted by molar-refractivity contribution is 6.36. The lowest BCUT2D eigenvalue weighted by Crippen LogP contribution is -2.20. The van der Waals surface area contributed by atoms with Crippen molar-refractivity contribution in [2.45, 2.75) is 6.92 Å². The summed E-state index contributed by atoms with van der Waals surface area (Å²) in [5.74, 6) is -0.762. The van der Waals surface area contributed by atoms with Gasteiger partial charge in [-0.2, -0.15) is 0 Å². The highest BCUT2D eigenvalue weighted by Crippen LogP contribution is 2.37. The van der Waals surface area contributed by atoms with Gasteiger partial charge in [-0.3, -0.25) is 4.79 Å². The van der Waals surface area contributed by atoms with Gasteiger partial charge in [0.25, 0.3) is 5.91 Å². The molecule has 94 valence electrons. The first-order chi connectivity index (χ1) is 8.54. The number of fused-ring (bicyclic) bond motifs is 1. The monoisotopic (exact) mass is 265 g/mol. The van der Waals surface area contributed by atoms with Crippen LogP contribution >= 0.6 is 11.6 Å². The van der Waals surface area contributed by atoms with Crippen molar-refractivity contribution >= 4 is 34.7 Å². The van der Waals surface area contributed by atoms with Crippen LogP contribution in [0.15, 0.2) is 24.3 Å². The molecule has 0 saturated carbocycles. The third kappa shape index (κ3) is 2.11. The Labute approximate surface area is 110 Å². The number of carbonyl (C=O) groups excluding carboxylic acids is 2. The fourth-order valence-electron chi connectivity index (χ4n) is 1.86. The van der Waals surface area contributed by atoms with Gasteiger partial charge in [0, 0.05) is 23.7 Å². The van der Waals surface area contributed by atoms with Gasteiger partial charge in [-0.05, 0) is 25.1 Å². The van der Waals surface area contributed by atoms with E-state index in [-0.39, 0.29) is 12.5 Å². The van der Waals surface area contributed by atoms with Crippen LogP contribution in [-0.2, 0) is 14.3 Å². The highest BCUT2D eigenvalue weighted by Gasteiger charge is 2.30. The van der Waals surface area contributed by atoms with Gasteiger partial charge < -0.3 is 9.64 Å². The standard InChI is InChI=1S/C13H12ClNO3/c1-3-18-12(16)7-10-9-6-8(14)4-5-11(9)15(2)13(10)17/h4-7H,3H2,1-2H3/b10-7+. The van der Waals surface area contributed by atoms with Gasteiger partial charge in [0.15, 0.2) is 0 Å². The average molecular weight is 266 g/mol. The topological polar surface area (TPSA) is 46.6 Å². The fraction of sp³-hybridized carbons (Fsp3) is 0.231. The number of benzene rings is 1. The third-order valence-corrected chi connectivity index (χ3v) is 2.93. The number of esters is 1. The molecular formula is C13H12ClNO3. The van der Waals surface area contributed by atoms with Crippen LogP contribution in [0.2, 0.25) is 5.02 Å². The Bertz CT molecular complexity index is 551. The second kappa shape index (κ2) is 4.82. The molecule has 4 nitrogen and oxygen atoms in total. The molecule has 2 rings (SSSR count). The quantitative estimate of drug-likeness (QED) is 0.609. The zero-order chi connectivity index (χ0) is 13.3. The van der Waals surface area contributed by atoms with Gasteiger partial charge in [-0.1, -0.05) is 11.6 Å². The minimum absolute atomic E-state index is 0.236. The van der Waals surface area contributed by atoms with Gasteiger partial charge in [-0.15, -0.1) is 0 Å². The van der Waals surface area contributed by atoms with E-state index >= 15 is 0 Å². The summed E-state index contributed by atoms with van der Waals surface area (Å²) in [5.41, 5.74) is 1.71. The van der Waals surface area contributed by atoms with Crippen molar-refractivity contribution in [2.75, 3.05) is 18.6 Å². The van der Waals surface area contributed by atoms with E-state index in [1.165, 1.54) is 11.0 Å². The molecule has 1 aromatic rings. The molecule has 1 heterocycles. The molecule has 0 radical (unpaired) electrons. The van der Waals surface area contributed by atoms with Gasteiger partial charge >= 0.3 is 5.97 Å². The molecule has 1 amide bonds. The smallest absolute Gasteiger partial charge is 0.331 e. The Kier molecular flexibility index (Phi) is 3.39. The van der Waals surface area contributed by atoms with Crippen LogP contribution in [0.25, 0.3) is 5.57 Å². The number of amides is 1. The molecule has 0 fully saturated rings. The van der Waals surface area contributed by atoms with E-state index in [0.29, 0.717) is 16.2 Å². The second-order valence-electron chi connectivity index (χ2n) is 3.84. The van der Waals surface area contributed by atoms with E-state index in [1.54, 1.807) is 32.2 Å². The second-order valence-corrected chi connectivity index (χ2v) is 4.27. The molecule has 0 saturated heterocycles. The summed E-state index contributed by atoms with van der Waals surface area (Å²) >= 11 is 5.91. The number of halogens is 1. The Morgan fingerprint density at radius 3 is 2.89 bits per heavy atom. The normalized spacial score (nSPS) is 16.1. The fourth-order valence-corrected chi connectivity index (χ4v) is 2.04. The zero-order valence-corrected chi connectivity index (χ0v) is 10.8. The molecule has 0 atom stereocenters. The Hall–Kier alpha value is -1.81. The lowest BCUT2D eigenvalue weighted by atomic mass is 10.1. The minimum atomic E-state index is -0.526. The van der Waals surface area contributed by atoms with Crippen molar-refractivity contribution in [3.8, 4) is 0 Å². The number of anilines is 1. The van der Waals surface area contributed by atoms with Crippen LogP contribution in [0.1, 0.15) is 12.5 Å². The average Bonchev–Trinajstić information content (AvgIpc) is 2.55. The van der Waals surface area contributed by atoms with Gasteiger partial charge in [-0.25, -0.2) is 4.79 Å².